The van der Waals surface area contributed by atoms with Crippen molar-refractivity contribution in [2.75, 3.05) is 33.3 Å². The van der Waals surface area contributed by atoms with E-state index in [1.807, 2.05) is 0 Å². The van der Waals surface area contributed by atoms with Gasteiger partial charge in [-0.1, -0.05) is 33.6 Å². The second-order valence-electron chi connectivity index (χ2n) is 5.33. The summed E-state index contributed by atoms with van der Waals surface area (Å²) < 4.78 is 5.94. The van der Waals surface area contributed by atoms with Crippen LogP contribution in [0.5, 0.6) is 0 Å². The summed E-state index contributed by atoms with van der Waals surface area (Å²) in [7, 11) is 2.07. The summed E-state index contributed by atoms with van der Waals surface area (Å²) in [4.78, 5) is 2.49. The maximum atomic E-state index is 5.94. The maximum Gasteiger partial charge on any atom is 0.0855 e. The smallest absolute Gasteiger partial charge is 0.0855 e. The molecule has 0 aromatic rings. The molecule has 0 spiro atoms. The first-order valence-electron chi connectivity index (χ1n) is 7.22. The molecule has 3 unspecified atom stereocenters. The van der Waals surface area contributed by atoms with Crippen LogP contribution < -0.4 is 5.32 Å². The van der Waals surface area contributed by atoms with E-state index in [0.717, 1.165) is 32.2 Å². The van der Waals surface area contributed by atoms with Gasteiger partial charge in [0.2, 0.25) is 0 Å². The predicted molar refractivity (Wildman–Crippen MR) is 73.4 cm³/mol. The number of nitrogens with one attached hydrogen (secondary N) is 1. The quantitative estimate of drug-likeness (QED) is 0.740. The van der Waals surface area contributed by atoms with Gasteiger partial charge >= 0.3 is 0 Å². The first-order valence-corrected chi connectivity index (χ1v) is 7.22. The van der Waals surface area contributed by atoms with Crippen LogP contribution in [0.2, 0.25) is 0 Å². The Morgan fingerprint density at radius 2 is 2.18 bits per heavy atom. The average molecular weight is 242 g/mol. The standard InChI is InChI=1S/C14H30N2O/c1-5-7-12(3)10-13(15-4)14-11-16(6-2)8-9-17-14/h12-15H,5-11H2,1-4H3. The van der Waals surface area contributed by atoms with Gasteiger partial charge in [0.15, 0.2) is 0 Å². The molecule has 0 saturated carbocycles. The number of rotatable bonds is 7. The Labute approximate surface area is 107 Å². The van der Waals surface area contributed by atoms with E-state index in [1.54, 1.807) is 0 Å². The molecule has 1 heterocycles. The van der Waals surface area contributed by atoms with E-state index in [1.165, 1.54) is 19.3 Å². The summed E-state index contributed by atoms with van der Waals surface area (Å²) in [6, 6.07) is 0.505. The number of morpholine rings is 1. The van der Waals surface area contributed by atoms with Crippen molar-refractivity contribution < 1.29 is 4.74 Å². The van der Waals surface area contributed by atoms with Crippen molar-refractivity contribution in [3.8, 4) is 0 Å². The third-order valence-corrected chi connectivity index (χ3v) is 3.88. The van der Waals surface area contributed by atoms with Crippen molar-refractivity contribution in [3.63, 3.8) is 0 Å². The summed E-state index contributed by atoms with van der Waals surface area (Å²) in [6.45, 7) is 11.1. The zero-order chi connectivity index (χ0) is 12.7. The van der Waals surface area contributed by atoms with E-state index < -0.39 is 0 Å². The maximum absolute atomic E-state index is 5.94. The highest BCUT2D eigenvalue weighted by atomic mass is 16.5. The van der Waals surface area contributed by atoms with Crippen LogP contribution in [-0.4, -0.2) is 50.3 Å². The monoisotopic (exact) mass is 242 g/mol. The Kier molecular flexibility index (Phi) is 7.09. The van der Waals surface area contributed by atoms with Crippen molar-refractivity contribution in [2.24, 2.45) is 5.92 Å². The summed E-state index contributed by atoms with van der Waals surface area (Å²) in [5.41, 5.74) is 0. The van der Waals surface area contributed by atoms with Crippen LogP contribution in [0.3, 0.4) is 0 Å². The van der Waals surface area contributed by atoms with Crippen LogP contribution in [0, 0.1) is 5.92 Å². The molecule has 1 saturated heterocycles. The van der Waals surface area contributed by atoms with Gasteiger partial charge < -0.3 is 10.1 Å². The first-order chi connectivity index (χ1) is 8.21. The molecule has 0 aromatic carbocycles. The van der Waals surface area contributed by atoms with Crippen molar-refractivity contribution in [1.82, 2.24) is 10.2 Å². The Morgan fingerprint density at radius 1 is 1.41 bits per heavy atom. The molecule has 1 rings (SSSR count). The largest absolute Gasteiger partial charge is 0.374 e. The summed E-state index contributed by atoms with van der Waals surface area (Å²) >= 11 is 0. The third kappa shape index (κ3) is 4.94. The number of hydrogen-bond acceptors (Lipinski definition) is 3. The van der Waals surface area contributed by atoms with Gasteiger partial charge in [-0.05, 0) is 25.9 Å². The summed E-state index contributed by atoms with van der Waals surface area (Å²) in [5.74, 6) is 0.790. The van der Waals surface area contributed by atoms with Gasteiger partial charge in [0.05, 0.1) is 12.7 Å². The van der Waals surface area contributed by atoms with Gasteiger partial charge in [-0.25, -0.2) is 0 Å². The Balaban J connectivity index is 2.42. The minimum Gasteiger partial charge on any atom is -0.374 e. The van der Waals surface area contributed by atoms with E-state index in [2.05, 4.69) is 38.0 Å². The lowest BCUT2D eigenvalue weighted by molar-refractivity contribution is -0.0471. The molecule has 0 radical (unpaired) electrons. The topological polar surface area (TPSA) is 24.5 Å². The minimum atomic E-state index is 0.369. The second kappa shape index (κ2) is 8.06. The van der Waals surface area contributed by atoms with Crippen LogP contribution in [0.1, 0.15) is 40.0 Å². The van der Waals surface area contributed by atoms with Gasteiger partial charge in [0, 0.05) is 19.1 Å². The molecule has 102 valence electrons. The molecule has 0 bridgehead atoms. The molecule has 17 heavy (non-hydrogen) atoms. The Hall–Kier alpha value is -0.120. The van der Waals surface area contributed by atoms with Crippen molar-refractivity contribution >= 4 is 0 Å². The molecular weight excluding hydrogens is 212 g/mol. The fourth-order valence-corrected chi connectivity index (χ4v) is 2.76. The fraction of sp³-hybridized carbons (Fsp3) is 1.00. The SMILES string of the molecule is CCCC(C)CC(NC)C1CN(CC)CCO1. The van der Waals surface area contributed by atoms with Crippen LogP contribution in [0.4, 0.5) is 0 Å². The van der Waals surface area contributed by atoms with Crippen LogP contribution >= 0.6 is 0 Å². The number of likely N-dealkylation sites (N-methyl/N-ethyl adjacent to an activating group) is 2. The number of nitrogens with zero attached hydrogens (tertiary/aromatic N) is 1. The number of hydrogen-bond donors (Lipinski definition) is 1. The summed E-state index contributed by atoms with van der Waals surface area (Å²) in [5, 5.41) is 3.45. The molecule has 1 fully saturated rings. The molecule has 3 atom stereocenters. The lowest BCUT2D eigenvalue weighted by atomic mass is 9.93. The van der Waals surface area contributed by atoms with Crippen molar-refractivity contribution in [2.45, 2.75) is 52.2 Å². The Bertz CT molecular complexity index is 199. The highest BCUT2D eigenvalue weighted by molar-refractivity contribution is 4.83. The minimum absolute atomic E-state index is 0.369. The zero-order valence-corrected chi connectivity index (χ0v) is 12.0. The normalized spacial score (nSPS) is 25.8. The van der Waals surface area contributed by atoms with E-state index in [9.17, 15) is 0 Å². The second-order valence-corrected chi connectivity index (χ2v) is 5.33. The van der Waals surface area contributed by atoms with E-state index in [-0.39, 0.29) is 0 Å². The lowest BCUT2D eigenvalue weighted by Gasteiger charge is -2.37. The molecule has 0 aromatic heterocycles. The molecule has 0 amide bonds. The van der Waals surface area contributed by atoms with Gasteiger partial charge in [-0.2, -0.15) is 0 Å². The highest BCUT2D eigenvalue weighted by Gasteiger charge is 2.27. The molecule has 1 N–H and O–H groups in total. The first kappa shape index (κ1) is 14.9. The van der Waals surface area contributed by atoms with Crippen molar-refractivity contribution in [3.05, 3.63) is 0 Å². The fourth-order valence-electron chi connectivity index (χ4n) is 2.76. The Morgan fingerprint density at radius 3 is 2.76 bits per heavy atom. The molecule has 1 aliphatic heterocycles. The molecular formula is C14H30N2O. The van der Waals surface area contributed by atoms with Crippen molar-refractivity contribution in [1.29, 1.82) is 0 Å². The van der Waals surface area contributed by atoms with Gasteiger partial charge in [0.1, 0.15) is 0 Å². The van der Waals surface area contributed by atoms with E-state index >= 15 is 0 Å². The average Bonchev–Trinajstić information content (AvgIpc) is 2.36. The van der Waals surface area contributed by atoms with E-state index in [0.29, 0.717) is 12.1 Å². The molecule has 3 nitrogen and oxygen atoms in total. The van der Waals surface area contributed by atoms with Crippen LogP contribution in [0.25, 0.3) is 0 Å². The van der Waals surface area contributed by atoms with Crippen LogP contribution in [0.15, 0.2) is 0 Å². The molecule has 3 heteroatoms. The summed E-state index contributed by atoms with van der Waals surface area (Å²) in [6.07, 6.45) is 4.20. The lowest BCUT2D eigenvalue weighted by Crippen LogP contribution is -2.51. The molecule has 0 aliphatic carbocycles. The number of ether oxygens (including phenoxy) is 1. The van der Waals surface area contributed by atoms with Gasteiger partial charge in [0.25, 0.3) is 0 Å². The highest BCUT2D eigenvalue weighted by Crippen LogP contribution is 2.18. The van der Waals surface area contributed by atoms with Gasteiger partial charge in [-0.3, -0.25) is 4.90 Å². The zero-order valence-electron chi connectivity index (χ0n) is 12.0. The molecule has 1 aliphatic rings. The third-order valence-electron chi connectivity index (χ3n) is 3.88. The predicted octanol–water partition coefficient (Wildman–Crippen LogP) is 2.12. The van der Waals surface area contributed by atoms with E-state index in [4.69, 9.17) is 4.74 Å². The van der Waals surface area contributed by atoms with Crippen LogP contribution in [-0.2, 0) is 4.74 Å². The van der Waals surface area contributed by atoms with Gasteiger partial charge in [-0.15, -0.1) is 0 Å².